The van der Waals surface area contributed by atoms with Crippen LogP contribution in [0.15, 0.2) is 42.5 Å². The quantitative estimate of drug-likeness (QED) is 0.916. The van der Waals surface area contributed by atoms with Crippen LogP contribution in [0.4, 0.5) is 4.39 Å². The van der Waals surface area contributed by atoms with Gasteiger partial charge in [0, 0.05) is 5.56 Å². The number of ether oxygens (including phenoxy) is 1. The fourth-order valence-corrected chi connectivity index (χ4v) is 1.73. The van der Waals surface area contributed by atoms with Crippen molar-refractivity contribution in [2.24, 2.45) is 0 Å². The third kappa shape index (κ3) is 3.31. The number of aryl methyl sites for hydroxylation is 1. The monoisotopic (exact) mass is 260 g/mol. The van der Waals surface area contributed by atoms with E-state index in [0.717, 1.165) is 5.56 Å². The third-order valence-corrected chi connectivity index (χ3v) is 2.65. The van der Waals surface area contributed by atoms with Crippen LogP contribution in [0.3, 0.4) is 0 Å². The maximum Gasteiger partial charge on any atom is 0.335 e. The molecule has 0 saturated heterocycles. The van der Waals surface area contributed by atoms with E-state index in [9.17, 15) is 9.18 Å². The molecule has 0 aliphatic rings. The summed E-state index contributed by atoms with van der Waals surface area (Å²) in [6.45, 7) is 1.84. The lowest BCUT2D eigenvalue weighted by Gasteiger charge is -2.09. The summed E-state index contributed by atoms with van der Waals surface area (Å²) in [7, 11) is 0. The zero-order chi connectivity index (χ0) is 13.8. The highest BCUT2D eigenvalue weighted by Crippen LogP contribution is 2.19. The van der Waals surface area contributed by atoms with E-state index in [2.05, 4.69) is 0 Å². The molecule has 0 heterocycles. The highest BCUT2D eigenvalue weighted by Gasteiger charge is 2.07. The van der Waals surface area contributed by atoms with Crippen LogP contribution in [0.25, 0.3) is 0 Å². The van der Waals surface area contributed by atoms with Crippen LogP contribution in [-0.2, 0) is 6.61 Å². The fourth-order valence-electron chi connectivity index (χ4n) is 1.73. The lowest BCUT2D eigenvalue weighted by Crippen LogP contribution is -2.01. The second-order valence-corrected chi connectivity index (χ2v) is 4.22. The van der Waals surface area contributed by atoms with E-state index < -0.39 is 5.97 Å². The van der Waals surface area contributed by atoms with Gasteiger partial charge in [-0.2, -0.15) is 0 Å². The second kappa shape index (κ2) is 5.52. The van der Waals surface area contributed by atoms with E-state index in [1.807, 2.05) is 0 Å². The van der Waals surface area contributed by atoms with Crippen LogP contribution in [0.1, 0.15) is 21.5 Å². The number of benzene rings is 2. The van der Waals surface area contributed by atoms with Crippen molar-refractivity contribution in [2.45, 2.75) is 13.5 Å². The first-order chi connectivity index (χ1) is 9.06. The van der Waals surface area contributed by atoms with Gasteiger partial charge in [-0.15, -0.1) is 0 Å². The molecule has 0 aromatic heterocycles. The number of rotatable bonds is 4. The predicted molar refractivity (Wildman–Crippen MR) is 68.9 cm³/mol. The molecular weight excluding hydrogens is 247 g/mol. The zero-order valence-electron chi connectivity index (χ0n) is 10.4. The first kappa shape index (κ1) is 13.1. The minimum atomic E-state index is -1.01. The normalized spacial score (nSPS) is 10.2. The molecule has 0 saturated carbocycles. The SMILES string of the molecule is Cc1cc(OCc2ccccc2F)cc(C(=O)O)c1. The molecule has 0 unspecified atom stereocenters. The second-order valence-electron chi connectivity index (χ2n) is 4.22. The molecule has 2 aromatic rings. The van der Waals surface area contributed by atoms with Gasteiger partial charge in [-0.1, -0.05) is 18.2 Å². The molecule has 0 fully saturated rings. The molecule has 98 valence electrons. The Labute approximate surface area is 110 Å². The van der Waals surface area contributed by atoms with Crippen molar-refractivity contribution in [3.8, 4) is 5.75 Å². The van der Waals surface area contributed by atoms with Gasteiger partial charge in [-0.05, 0) is 36.8 Å². The van der Waals surface area contributed by atoms with Crippen LogP contribution >= 0.6 is 0 Å². The van der Waals surface area contributed by atoms with Gasteiger partial charge in [0.1, 0.15) is 18.2 Å². The first-order valence-corrected chi connectivity index (χ1v) is 5.77. The van der Waals surface area contributed by atoms with E-state index in [1.54, 1.807) is 37.3 Å². The molecule has 0 spiro atoms. The average Bonchev–Trinajstić information content (AvgIpc) is 2.37. The fraction of sp³-hybridized carbons (Fsp3) is 0.133. The summed E-state index contributed by atoms with van der Waals surface area (Å²) in [6.07, 6.45) is 0. The molecule has 0 aliphatic carbocycles. The minimum absolute atomic E-state index is 0.0647. The molecule has 0 radical (unpaired) electrons. The van der Waals surface area contributed by atoms with Crippen molar-refractivity contribution in [3.63, 3.8) is 0 Å². The van der Waals surface area contributed by atoms with E-state index >= 15 is 0 Å². The highest BCUT2D eigenvalue weighted by molar-refractivity contribution is 5.88. The van der Waals surface area contributed by atoms with E-state index in [0.29, 0.717) is 11.3 Å². The van der Waals surface area contributed by atoms with Gasteiger partial charge >= 0.3 is 5.97 Å². The van der Waals surface area contributed by atoms with Crippen LogP contribution in [0.2, 0.25) is 0 Å². The molecule has 2 aromatic carbocycles. The number of hydrogen-bond acceptors (Lipinski definition) is 2. The Kier molecular flexibility index (Phi) is 3.80. The Morgan fingerprint density at radius 2 is 2.00 bits per heavy atom. The minimum Gasteiger partial charge on any atom is -0.489 e. The smallest absolute Gasteiger partial charge is 0.335 e. The van der Waals surface area contributed by atoms with Crippen LogP contribution < -0.4 is 4.74 Å². The van der Waals surface area contributed by atoms with Crippen molar-refractivity contribution in [1.29, 1.82) is 0 Å². The number of hydrogen-bond donors (Lipinski definition) is 1. The summed E-state index contributed by atoms with van der Waals surface area (Å²) >= 11 is 0. The molecule has 0 amide bonds. The van der Waals surface area contributed by atoms with Gasteiger partial charge in [-0.25, -0.2) is 9.18 Å². The van der Waals surface area contributed by atoms with Gasteiger partial charge in [-0.3, -0.25) is 0 Å². The van der Waals surface area contributed by atoms with Crippen molar-refractivity contribution >= 4 is 5.97 Å². The van der Waals surface area contributed by atoms with Crippen molar-refractivity contribution < 1.29 is 19.0 Å². The van der Waals surface area contributed by atoms with Crippen molar-refractivity contribution in [1.82, 2.24) is 0 Å². The molecular formula is C15H13FO3. The average molecular weight is 260 g/mol. The van der Waals surface area contributed by atoms with Gasteiger partial charge < -0.3 is 9.84 Å². The topological polar surface area (TPSA) is 46.5 Å². The Balaban J connectivity index is 2.16. The summed E-state index contributed by atoms with van der Waals surface area (Å²) in [5.41, 5.74) is 1.37. The van der Waals surface area contributed by atoms with E-state index in [1.165, 1.54) is 12.1 Å². The molecule has 4 heteroatoms. The summed E-state index contributed by atoms with van der Waals surface area (Å²) in [6, 6.07) is 11.0. The molecule has 1 N–H and O–H groups in total. The van der Waals surface area contributed by atoms with Crippen molar-refractivity contribution in [3.05, 3.63) is 65.0 Å². The molecule has 3 nitrogen and oxygen atoms in total. The van der Waals surface area contributed by atoms with Gasteiger partial charge in [0.15, 0.2) is 0 Å². The van der Waals surface area contributed by atoms with E-state index in [-0.39, 0.29) is 18.0 Å². The standard InChI is InChI=1S/C15H13FO3/c1-10-6-12(15(17)18)8-13(7-10)19-9-11-4-2-3-5-14(11)16/h2-8H,9H2,1H3,(H,17,18). The van der Waals surface area contributed by atoms with Crippen molar-refractivity contribution in [2.75, 3.05) is 0 Å². The van der Waals surface area contributed by atoms with Crippen LogP contribution in [0.5, 0.6) is 5.75 Å². The highest BCUT2D eigenvalue weighted by atomic mass is 19.1. The molecule has 0 atom stereocenters. The van der Waals surface area contributed by atoms with E-state index in [4.69, 9.17) is 9.84 Å². The Hall–Kier alpha value is -2.36. The predicted octanol–water partition coefficient (Wildman–Crippen LogP) is 3.41. The molecule has 0 bridgehead atoms. The Morgan fingerprint density at radius 1 is 1.26 bits per heavy atom. The lowest BCUT2D eigenvalue weighted by atomic mass is 10.1. The van der Waals surface area contributed by atoms with Gasteiger partial charge in [0.05, 0.1) is 5.56 Å². The number of carboxylic acid groups (broad SMARTS) is 1. The summed E-state index contributed by atoms with van der Waals surface area (Å²) < 4.78 is 18.8. The van der Waals surface area contributed by atoms with Crippen LogP contribution in [0, 0.1) is 12.7 Å². The molecule has 19 heavy (non-hydrogen) atoms. The third-order valence-electron chi connectivity index (χ3n) is 2.65. The summed E-state index contributed by atoms with van der Waals surface area (Å²) in [5, 5.41) is 8.95. The maximum atomic E-state index is 13.4. The number of halogens is 1. The summed E-state index contributed by atoms with van der Waals surface area (Å²) in [5.74, 6) is -0.936. The molecule has 2 rings (SSSR count). The largest absolute Gasteiger partial charge is 0.489 e. The number of aromatic carboxylic acids is 1. The van der Waals surface area contributed by atoms with Gasteiger partial charge in [0.2, 0.25) is 0 Å². The lowest BCUT2D eigenvalue weighted by molar-refractivity contribution is 0.0696. The molecule has 0 aliphatic heterocycles. The number of carboxylic acids is 1. The Bertz CT molecular complexity index is 608. The first-order valence-electron chi connectivity index (χ1n) is 5.77. The van der Waals surface area contributed by atoms with Crippen LogP contribution in [-0.4, -0.2) is 11.1 Å². The van der Waals surface area contributed by atoms with Gasteiger partial charge in [0.25, 0.3) is 0 Å². The maximum absolute atomic E-state index is 13.4. The summed E-state index contributed by atoms with van der Waals surface area (Å²) in [4.78, 5) is 10.9. The zero-order valence-corrected chi connectivity index (χ0v) is 10.4. The number of carbonyl (C=O) groups is 1. The Morgan fingerprint density at radius 3 is 2.68 bits per heavy atom.